The fraction of sp³-hybridized carbons (Fsp3) is 1.00. The van der Waals surface area contributed by atoms with E-state index in [0.29, 0.717) is 0 Å². The van der Waals surface area contributed by atoms with E-state index in [1.807, 2.05) is 0 Å². The second kappa shape index (κ2) is 5.61. The van der Waals surface area contributed by atoms with Crippen LogP contribution in [-0.4, -0.2) is 31.6 Å². The molecule has 2 heteroatoms. The lowest BCUT2D eigenvalue weighted by Crippen LogP contribution is -2.24. The van der Waals surface area contributed by atoms with Crippen LogP contribution in [0.4, 0.5) is 0 Å². The van der Waals surface area contributed by atoms with Gasteiger partial charge in [0.05, 0.1) is 0 Å². The van der Waals surface area contributed by atoms with E-state index < -0.39 is 0 Å². The SMILES string of the molecule is CCN(C)CC1CCC(CCN)C1. The molecule has 78 valence electrons. The second-order valence-electron chi connectivity index (χ2n) is 4.48. The average molecular weight is 184 g/mol. The Bertz CT molecular complexity index is 136. The lowest BCUT2D eigenvalue weighted by molar-refractivity contribution is 0.285. The Morgan fingerprint density at radius 3 is 2.62 bits per heavy atom. The van der Waals surface area contributed by atoms with Crippen LogP contribution in [0.25, 0.3) is 0 Å². The highest BCUT2D eigenvalue weighted by Crippen LogP contribution is 2.32. The molecule has 1 aliphatic carbocycles. The molecular formula is C11H24N2. The molecule has 2 atom stereocenters. The van der Waals surface area contributed by atoms with Crippen LogP contribution in [0.15, 0.2) is 0 Å². The van der Waals surface area contributed by atoms with Crippen LogP contribution < -0.4 is 5.73 Å². The summed E-state index contributed by atoms with van der Waals surface area (Å²) in [5.74, 6) is 1.88. The van der Waals surface area contributed by atoms with Gasteiger partial charge in [0.2, 0.25) is 0 Å². The van der Waals surface area contributed by atoms with Crippen LogP contribution in [-0.2, 0) is 0 Å². The lowest BCUT2D eigenvalue weighted by Gasteiger charge is -2.18. The van der Waals surface area contributed by atoms with Crippen molar-refractivity contribution in [1.29, 1.82) is 0 Å². The van der Waals surface area contributed by atoms with Crippen LogP contribution in [0.1, 0.15) is 32.6 Å². The minimum absolute atomic E-state index is 0.876. The summed E-state index contributed by atoms with van der Waals surface area (Å²) >= 11 is 0. The number of nitrogens with zero attached hydrogens (tertiary/aromatic N) is 1. The molecule has 1 rings (SSSR count). The Hall–Kier alpha value is -0.0800. The quantitative estimate of drug-likeness (QED) is 0.704. The summed E-state index contributed by atoms with van der Waals surface area (Å²) in [5, 5.41) is 0. The minimum atomic E-state index is 0.876. The molecule has 0 aromatic carbocycles. The summed E-state index contributed by atoms with van der Waals surface area (Å²) in [4.78, 5) is 2.43. The summed E-state index contributed by atoms with van der Waals surface area (Å²) in [6.45, 7) is 5.57. The Balaban J connectivity index is 2.17. The first-order valence-electron chi connectivity index (χ1n) is 5.64. The number of hydrogen-bond donors (Lipinski definition) is 1. The summed E-state index contributed by atoms with van der Waals surface area (Å²) in [6, 6.07) is 0. The normalized spacial score (nSPS) is 28.6. The topological polar surface area (TPSA) is 29.3 Å². The van der Waals surface area contributed by atoms with Crippen molar-refractivity contribution in [1.82, 2.24) is 4.90 Å². The van der Waals surface area contributed by atoms with Gasteiger partial charge in [-0.1, -0.05) is 13.3 Å². The molecule has 13 heavy (non-hydrogen) atoms. The Morgan fingerprint density at radius 1 is 1.31 bits per heavy atom. The molecule has 0 amide bonds. The van der Waals surface area contributed by atoms with Gasteiger partial charge < -0.3 is 10.6 Å². The fourth-order valence-corrected chi connectivity index (χ4v) is 2.41. The predicted octanol–water partition coefficient (Wildman–Crippen LogP) is 1.70. The predicted molar refractivity (Wildman–Crippen MR) is 57.7 cm³/mol. The highest BCUT2D eigenvalue weighted by Gasteiger charge is 2.24. The molecule has 0 saturated heterocycles. The van der Waals surface area contributed by atoms with E-state index in [4.69, 9.17) is 5.73 Å². The Kier molecular flexibility index (Phi) is 4.74. The van der Waals surface area contributed by atoms with E-state index in [2.05, 4.69) is 18.9 Å². The highest BCUT2D eigenvalue weighted by molar-refractivity contribution is 4.77. The molecule has 0 heterocycles. The van der Waals surface area contributed by atoms with Crippen molar-refractivity contribution >= 4 is 0 Å². The zero-order valence-electron chi connectivity index (χ0n) is 9.13. The molecule has 0 aromatic rings. The Labute approximate surface area is 82.5 Å². The van der Waals surface area contributed by atoms with E-state index >= 15 is 0 Å². The van der Waals surface area contributed by atoms with Crippen molar-refractivity contribution in [2.45, 2.75) is 32.6 Å². The van der Waals surface area contributed by atoms with Gasteiger partial charge in [-0.2, -0.15) is 0 Å². The van der Waals surface area contributed by atoms with Crippen molar-refractivity contribution in [3.63, 3.8) is 0 Å². The Morgan fingerprint density at radius 2 is 2.00 bits per heavy atom. The van der Waals surface area contributed by atoms with Gasteiger partial charge in [0.25, 0.3) is 0 Å². The molecule has 1 aliphatic rings. The van der Waals surface area contributed by atoms with Gasteiger partial charge in [-0.25, -0.2) is 0 Å². The summed E-state index contributed by atoms with van der Waals surface area (Å²) in [7, 11) is 2.22. The van der Waals surface area contributed by atoms with Crippen LogP contribution in [0.2, 0.25) is 0 Å². The third-order valence-corrected chi connectivity index (χ3v) is 3.33. The molecule has 2 unspecified atom stereocenters. The molecule has 1 fully saturated rings. The molecule has 0 aliphatic heterocycles. The van der Waals surface area contributed by atoms with E-state index in [9.17, 15) is 0 Å². The smallest absolute Gasteiger partial charge is 0.000659 e. The van der Waals surface area contributed by atoms with Gasteiger partial charge in [0.15, 0.2) is 0 Å². The first-order valence-corrected chi connectivity index (χ1v) is 5.64. The monoisotopic (exact) mass is 184 g/mol. The third kappa shape index (κ3) is 3.65. The molecule has 2 nitrogen and oxygen atoms in total. The third-order valence-electron chi connectivity index (χ3n) is 3.33. The van der Waals surface area contributed by atoms with Crippen molar-refractivity contribution in [3.8, 4) is 0 Å². The van der Waals surface area contributed by atoms with Gasteiger partial charge in [0.1, 0.15) is 0 Å². The standard InChI is InChI=1S/C11H24N2/c1-3-13(2)9-11-5-4-10(8-11)6-7-12/h10-11H,3-9,12H2,1-2H3. The summed E-state index contributed by atoms with van der Waals surface area (Å²) < 4.78 is 0. The summed E-state index contributed by atoms with van der Waals surface area (Å²) in [6.07, 6.45) is 5.50. The molecule has 0 radical (unpaired) electrons. The number of nitrogens with two attached hydrogens (primary N) is 1. The first-order chi connectivity index (χ1) is 6.26. The van der Waals surface area contributed by atoms with Crippen molar-refractivity contribution in [2.24, 2.45) is 17.6 Å². The van der Waals surface area contributed by atoms with Crippen molar-refractivity contribution in [2.75, 3.05) is 26.7 Å². The fourth-order valence-electron chi connectivity index (χ4n) is 2.41. The van der Waals surface area contributed by atoms with E-state index in [-0.39, 0.29) is 0 Å². The first kappa shape index (κ1) is 11.0. The zero-order valence-corrected chi connectivity index (χ0v) is 9.13. The molecule has 0 aromatic heterocycles. The largest absolute Gasteiger partial charge is 0.330 e. The molecular weight excluding hydrogens is 160 g/mol. The van der Waals surface area contributed by atoms with Crippen molar-refractivity contribution < 1.29 is 0 Å². The molecule has 0 spiro atoms. The maximum atomic E-state index is 5.57. The maximum Gasteiger partial charge on any atom is 0.000659 e. The van der Waals surface area contributed by atoms with Crippen LogP contribution in [0.3, 0.4) is 0 Å². The van der Waals surface area contributed by atoms with E-state index in [0.717, 1.165) is 18.4 Å². The van der Waals surface area contributed by atoms with E-state index in [1.165, 1.54) is 38.8 Å². The zero-order chi connectivity index (χ0) is 9.68. The highest BCUT2D eigenvalue weighted by atomic mass is 15.1. The minimum Gasteiger partial charge on any atom is -0.330 e. The van der Waals surface area contributed by atoms with Gasteiger partial charge >= 0.3 is 0 Å². The average Bonchev–Trinajstić information content (AvgIpc) is 2.53. The molecule has 0 bridgehead atoms. The lowest BCUT2D eigenvalue weighted by atomic mass is 10.0. The number of hydrogen-bond acceptors (Lipinski definition) is 2. The van der Waals surface area contributed by atoms with Gasteiger partial charge in [-0.15, -0.1) is 0 Å². The van der Waals surface area contributed by atoms with Gasteiger partial charge in [-0.05, 0) is 51.2 Å². The van der Waals surface area contributed by atoms with Gasteiger partial charge in [0, 0.05) is 6.54 Å². The number of rotatable bonds is 5. The van der Waals surface area contributed by atoms with Crippen LogP contribution >= 0.6 is 0 Å². The molecule has 1 saturated carbocycles. The van der Waals surface area contributed by atoms with Crippen LogP contribution in [0.5, 0.6) is 0 Å². The molecule has 2 N–H and O–H groups in total. The maximum absolute atomic E-state index is 5.57. The van der Waals surface area contributed by atoms with E-state index in [1.54, 1.807) is 0 Å². The van der Waals surface area contributed by atoms with Gasteiger partial charge in [-0.3, -0.25) is 0 Å². The second-order valence-corrected chi connectivity index (χ2v) is 4.48. The van der Waals surface area contributed by atoms with Crippen molar-refractivity contribution in [3.05, 3.63) is 0 Å². The summed E-state index contributed by atoms with van der Waals surface area (Å²) in [5.41, 5.74) is 5.57. The van der Waals surface area contributed by atoms with Crippen LogP contribution in [0, 0.1) is 11.8 Å².